The van der Waals surface area contributed by atoms with E-state index in [-0.39, 0.29) is 17.0 Å². The van der Waals surface area contributed by atoms with Crippen LogP contribution in [0.2, 0.25) is 0 Å². The van der Waals surface area contributed by atoms with Crippen molar-refractivity contribution in [1.82, 2.24) is 5.32 Å². The third kappa shape index (κ3) is 3.15. The van der Waals surface area contributed by atoms with E-state index in [0.29, 0.717) is 23.7 Å². The van der Waals surface area contributed by atoms with E-state index in [4.69, 9.17) is 0 Å². The maximum Gasteiger partial charge on any atom is 0.292 e. The molecule has 6 heteroatoms. The van der Waals surface area contributed by atoms with Gasteiger partial charge in [0.25, 0.3) is 11.6 Å². The van der Waals surface area contributed by atoms with Crippen LogP contribution in [0, 0.1) is 21.4 Å². The van der Waals surface area contributed by atoms with Crippen molar-refractivity contribution in [2.45, 2.75) is 26.7 Å². The molecule has 0 unspecified atom stereocenters. The van der Waals surface area contributed by atoms with Gasteiger partial charge >= 0.3 is 0 Å². The van der Waals surface area contributed by atoms with Crippen LogP contribution in [-0.4, -0.2) is 24.4 Å². The van der Waals surface area contributed by atoms with Crippen molar-refractivity contribution in [1.29, 1.82) is 0 Å². The average Bonchev–Trinajstić information content (AvgIpc) is 3.25. The van der Waals surface area contributed by atoms with Gasteiger partial charge in [0.2, 0.25) is 0 Å². The summed E-state index contributed by atoms with van der Waals surface area (Å²) in [6.07, 6.45) is 2.29. The zero-order chi connectivity index (χ0) is 15.6. The first-order valence-electron chi connectivity index (χ1n) is 7.14. The number of rotatable bonds is 6. The van der Waals surface area contributed by atoms with E-state index in [9.17, 15) is 14.9 Å². The first kappa shape index (κ1) is 15.3. The largest absolute Gasteiger partial charge is 0.383 e. The van der Waals surface area contributed by atoms with E-state index < -0.39 is 4.92 Å². The predicted molar refractivity (Wildman–Crippen MR) is 81.5 cm³/mol. The zero-order valence-corrected chi connectivity index (χ0v) is 12.6. The first-order valence-corrected chi connectivity index (χ1v) is 7.14. The number of hydrogen-bond acceptors (Lipinski definition) is 4. The number of carbonyl (C=O) groups excluding carboxylic acids is 1. The minimum Gasteiger partial charge on any atom is -0.383 e. The molecule has 2 N–H and O–H groups in total. The van der Waals surface area contributed by atoms with Crippen molar-refractivity contribution in [3.05, 3.63) is 33.9 Å². The molecule has 0 heterocycles. The molecule has 1 saturated carbocycles. The van der Waals surface area contributed by atoms with E-state index in [2.05, 4.69) is 24.5 Å². The van der Waals surface area contributed by atoms with Crippen LogP contribution in [0.1, 0.15) is 37.0 Å². The molecule has 1 aromatic carbocycles. The van der Waals surface area contributed by atoms with Crippen molar-refractivity contribution in [2.24, 2.45) is 11.3 Å². The molecule has 0 radical (unpaired) electrons. The Balaban J connectivity index is 2.08. The number of amides is 1. The molecule has 21 heavy (non-hydrogen) atoms. The lowest BCUT2D eigenvalue weighted by molar-refractivity contribution is -0.383. The van der Waals surface area contributed by atoms with Crippen LogP contribution in [-0.2, 0) is 0 Å². The second kappa shape index (κ2) is 5.71. The molecule has 2 rings (SSSR count). The number of hydrogen-bond donors (Lipinski definition) is 2. The van der Waals surface area contributed by atoms with Crippen molar-refractivity contribution >= 4 is 17.3 Å². The molecule has 0 atom stereocenters. The fourth-order valence-corrected chi connectivity index (χ4v) is 2.51. The van der Waals surface area contributed by atoms with Crippen LogP contribution >= 0.6 is 0 Å². The summed E-state index contributed by atoms with van der Waals surface area (Å²) < 4.78 is 0. The summed E-state index contributed by atoms with van der Waals surface area (Å²) in [5, 5.41) is 16.6. The lowest BCUT2D eigenvalue weighted by Gasteiger charge is -2.20. The number of nitro benzene ring substituents is 1. The van der Waals surface area contributed by atoms with E-state index in [1.165, 1.54) is 18.2 Å². The molecule has 1 amide bonds. The summed E-state index contributed by atoms with van der Waals surface area (Å²) in [5.74, 6) is 0.357. The van der Waals surface area contributed by atoms with Gasteiger partial charge in [-0.3, -0.25) is 14.9 Å². The van der Waals surface area contributed by atoms with E-state index in [0.717, 1.165) is 12.8 Å². The van der Waals surface area contributed by atoms with E-state index in [1.54, 1.807) is 7.05 Å². The van der Waals surface area contributed by atoms with E-state index >= 15 is 0 Å². The fourth-order valence-electron chi connectivity index (χ4n) is 2.51. The highest BCUT2D eigenvalue weighted by atomic mass is 16.6. The number of nitrogens with zero attached hydrogens (tertiary/aromatic N) is 1. The Bertz CT molecular complexity index is 565. The molecular formula is C15H21N3O3. The Kier molecular flexibility index (Phi) is 4.16. The molecule has 0 aliphatic heterocycles. The smallest absolute Gasteiger partial charge is 0.292 e. The highest BCUT2D eigenvalue weighted by molar-refractivity contribution is 5.96. The van der Waals surface area contributed by atoms with Crippen molar-refractivity contribution in [2.75, 3.05) is 18.9 Å². The SMILES string of the molecule is CNc1cc(C(=O)NCC2(C(C)C)CC2)ccc1[N+](=O)[O-]. The zero-order valence-electron chi connectivity index (χ0n) is 12.6. The van der Waals surface area contributed by atoms with Crippen LogP contribution in [0.4, 0.5) is 11.4 Å². The topological polar surface area (TPSA) is 84.3 Å². The molecule has 6 nitrogen and oxygen atoms in total. The maximum atomic E-state index is 12.2. The molecule has 1 aliphatic rings. The quantitative estimate of drug-likeness (QED) is 0.623. The second-order valence-electron chi connectivity index (χ2n) is 5.94. The summed E-state index contributed by atoms with van der Waals surface area (Å²) >= 11 is 0. The number of nitro groups is 1. The fraction of sp³-hybridized carbons (Fsp3) is 0.533. The molecule has 1 aromatic rings. The van der Waals surface area contributed by atoms with Gasteiger partial charge in [0.1, 0.15) is 5.69 Å². The lowest BCUT2D eigenvalue weighted by atomic mass is 9.92. The molecule has 114 valence electrons. The summed E-state index contributed by atoms with van der Waals surface area (Å²) in [6.45, 7) is 5.00. The summed E-state index contributed by atoms with van der Waals surface area (Å²) in [4.78, 5) is 22.6. The number of nitrogens with one attached hydrogen (secondary N) is 2. The third-order valence-corrected chi connectivity index (χ3v) is 4.44. The Hall–Kier alpha value is -2.11. The van der Waals surface area contributed by atoms with Crippen molar-refractivity contribution < 1.29 is 9.72 Å². The third-order valence-electron chi connectivity index (χ3n) is 4.44. The molecule has 1 fully saturated rings. The van der Waals surface area contributed by atoms with Crippen LogP contribution < -0.4 is 10.6 Å². The number of benzene rings is 1. The summed E-state index contributed by atoms with van der Waals surface area (Å²) in [7, 11) is 1.60. The van der Waals surface area contributed by atoms with Gasteiger partial charge in [0.15, 0.2) is 0 Å². The molecular weight excluding hydrogens is 270 g/mol. The molecule has 0 saturated heterocycles. The summed E-state index contributed by atoms with van der Waals surface area (Å²) in [6, 6.07) is 4.36. The Labute approximate surface area is 124 Å². The van der Waals surface area contributed by atoms with Crippen LogP contribution in [0.3, 0.4) is 0 Å². The maximum absolute atomic E-state index is 12.2. The van der Waals surface area contributed by atoms with Gasteiger partial charge in [0.05, 0.1) is 4.92 Å². The lowest BCUT2D eigenvalue weighted by Crippen LogP contribution is -2.32. The number of anilines is 1. The molecule has 0 spiro atoms. The minimum absolute atomic E-state index is 0.0325. The van der Waals surface area contributed by atoms with Crippen molar-refractivity contribution in [3.63, 3.8) is 0 Å². The standard InChI is InChI=1S/C15H21N3O3/c1-10(2)15(6-7-15)9-17-14(19)11-4-5-13(18(20)21)12(8-11)16-3/h4-5,8,10,16H,6-7,9H2,1-3H3,(H,17,19). The van der Waals surface area contributed by atoms with Gasteiger partial charge in [-0.15, -0.1) is 0 Å². The Morgan fingerprint density at radius 1 is 1.43 bits per heavy atom. The monoisotopic (exact) mass is 291 g/mol. The van der Waals surface area contributed by atoms with Gasteiger partial charge in [-0.25, -0.2) is 0 Å². The minimum atomic E-state index is -0.467. The van der Waals surface area contributed by atoms with Crippen LogP contribution in [0.15, 0.2) is 18.2 Å². The first-order chi connectivity index (χ1) is 9.89. The average molecular weight is 291 g/mol. The second-order valence-corrected chi connectivity index (χ2v) is 5.94. The van der Waals surface area contributed by atoms with Gasteiger partial charge in [0, 0.05) is 25.2 Å². The van der Waals surface area contributed by atoms with Crippen LogP contribution in [0.25, 0.3) is 0 Å². The highest BCUT2D eigenvalue weighted by Crippen LogP contribution is 2.51. The van der Waals surface area contributed by atoms with E-state index in [1.807, 2.05) is 0 Å². The van der Waals surface area contributed by atoms with Gasteiger partial charge in [-0.05, 0) is 36.3 Å². The molecule has 0 bridgehead atoms. The normalized spacial score (nSPS) is 15.6. The predicted octanol–water partition coefficient (Wildman–Crippen LogP) is 2.80. The van der Waals surface area contributed by atoms with Crippen molar-refractivity contribution in [3.8, 4) is 0 Å². The highest BCUT2D eigenvalue weighted by Gasteiger charge is 2.45. The Morgan fingerprint density at radius 2 is 2.10 bits per heavy atom. The summed E-state index contributed by atoms with van der Waals surface area (Å²) in [5.41, 5.74) is 0.986. The molecule has 1 aliphatic carbocycles. The molecule has 0 aromatic heterocycles. The Morgan fingerprint density at radius 3 is 2.57 bits per heavy atom. The van der Waals surface area contributed by atoms with Crippen LogP contribution in [0.5, 0.6) is 0 Å². The number of carbonyl (C=O) groups is 1. The van der Waals surface area contributed by atoms with Gasteiger partial charge in [-0.1, -0.05) is 13.8 Å². The van der Waals surface area contributed by atoms with Gasteiger partial charge < -0.3 is 10.6 Å². The van der Waals surface area contributed by atoms with Gasteiger partial charge in [-0.2, -0.15) is 0 Å².